The Bertz CT molecular complexity index is 184. The van der Waals surface area contributed by atoms with Gasteiger partial charge in [0.05, 0.1) is 0 Å². The Hall–Kier alpha value is -0.650. The number of methoxy groups -OCH3 is 2. The lowest BCUT2D eigenvalue weighted by molar-refractivity contribution is -0.245. The minimum Gasteiger partial charge on any atom is -0.365 e. The molecule has 1 rings (SSSR count). The third-order valence-corrected chi connectivity index (χ3v) is 2.00. The van der Waals surface area contributed by atoms with Crippen LogP contribution in [0.25, 0.3) is 0 Å². The summed E-state index contributed by atoms with van der Waals surface area (Å²) in [4.78, 5) is 10.9. The summed E-state index contributed by atoms with van der Waals surface area (Å²) in [7, 11) is 2.90. The quantitative estimate of drug-likeness (QED) is 0.633. The molecule has 1 aliphatic heterocycles. The van der Waals surface area contributed by atoms with E-state index in [-0.39, 0.29) is 0 Å². The smallest absolute Gasteiger partial charge is 0.277 e. The maximum Gasteiger partial charge on any atom is 0.277 e. The minimum absolute atomic E-state index is 0.391. The maximum absolute atomic E-state index is 10.9. The van der Waals surface area contributed by atoms with Crippen LogP contribution in [0.3, 0.4) is 0 Å². The fourth-order valence-corrected chi connectivity index (χ4v) is 1.24. The van der Waals surface area contributed by atoms with E-state index in [1.165, 1.54) is 14.2 Å². The van der Waals surface area contributed by atoms with Gasteiger partial charge in [0, 0.05) is 27.1 Å². The molecular weight excluding hydrogens is 162 g/mol. The van der Waals surface area contributed by atoms with Crippen molar-refractivity contribution in [3.8, 4) is 0 Å². The van der Waals surface area contributed by atoms with Crippen LogP contribution >= 0.6 is 0 Å². The number of carbonyl (C=O) groups excluding carboxylic acids is 1. The molecule has 1 heterocycles. The van der Waals surface area contributed by atoms with Crippen molar-refractivity contribution in [2.75, 3.05) is 14.2 Å². The molecule has 2 atom stereocenters. The molecule has 70 valence electrons. The first-order valence-electron chi connectivity index (χ1n) is 3.70. The molecule has 0 unspecified atom stereocenters. The Balaban J connectivity index is 2.66. The summed E-state index contributed by atoms with van der Waals surface area (Å²) in [5, 5.41) is 0. The molecule has 0 aromatic rings. The summed E-state index contributed by atoms with van der Waals surface area (Å²) in [6, 6.07) is 0. The van der Waals surface area contributed by atoms with Gasteiger partial charge in [-0.05, 0) is 0 Å². The van der Waals surface area contributed by atoms with Gasteiger partial charge in [-0.15, -0.1) is 0 Å². The van der Waals surface area contributed by atoms with Crippen LogP contribution in [0.4, 0.5) is 0 Å². The molecule has 1 amide bonds. The van der Waals surface area contributed by atoms with Crippen LogP contribution < -0.4 is 5.73 Å². The Kier molecular flexibility index (Phi) is 2.66. The van der Waals surface area contributed by atoms with Crippen molar-refractivity contribution in [1.82, 2.24) is 0 Å². The van der Waals surface area contributed by atoms with Crippen molar-refractivity contribution < 1.29 is 19.0 Å². The van der Waals surface area contributed by atoms with E-state index in [0.29, 0.717) is 12.8 Å². The lowest BCUT2D eigenvalue weighted by Crippen LogP contribution is -2.45. The fourth-order valence-electron chi connectivity index (χ4n) is 1.24. The first-order chi connectivity index (χ1) is 5.64. The molecule has 1 fully saturated rings. The number of amides is 1. The molecule has 12 heavy (non-hydrogen) atoms. The zero-order chi connectivity index (χ0) is 9.19. The first kappa shape index (κ1) is 9.44. The van der Waals surface area contributed by atoms with Crippen LogP contribution in [0.2, 0.25) is 0 Å². The highest BCUT2D eigenvalue weighted by molar-refractivity contribution is 5.82. The number of hydrogen-bond acceptors (Lipinski definition) is 4. The molecule has 0 saturated carbocycles. The summed E-state index contributed by atoms with van der Waals surface area (Å²) >= 11 is 0. The van der Waals surface area contributed by atoms with Crippen LogP contribution in [0, 0.1) is 0 Å². The molecule has 0 aromatic heterocycles. The number of primary amides is 1. The Morgan fingerprint density at radius 3 is 2.58 bits per heavy atom. The summed E-state index contributed by atoms with van der Waals surface area (Å²) in [6.07, 6.45) is 0.669. The Morgan fingerprint density at radius 2 is 2.33 bits per heavy atom. The van der Waals surface area contributed by atoms with E-state index in [9.17, 15) is 4.79 Å². The lowest BCUT2D eigenvalue weighted by atomic mass is 10.2. The number of nitrogens with two attached hydrogens (primary N) is 1. The van der Waals surface area contributed by atoms with Gasteiger partial charge >= 0.3 is 0 Å². The van der Waals surface area contributed by atoms with Crippen molar-refractivity contribution in [1.29, 1.82) is 0 Å². The van der Waals surface area contributed by atoms with Gasteiger partial charge in [-0.1, -0.05) is 0 Å². The highest BCUT2D eigenvalue weighted by Crippen LogP contribution is 2.30. The van der Waals surface area contributed by atoms with Crippen molar-refractivity contribution >= 4 is 5.91 Å². The van der Waals surface area contributed by atoms with Crippen molar-refractivity contribution in [3.05, 3.63) is 0 Å². The van der Waals surface area contributed by atoms with E-state index in [4.69, 9.17) is 19.9 Å². The van der Waals surface area contributed by atoms with Gasteiger partial charge in [0.2, 0.25) is 0 Å². The second-order valence-electron chi connectivity index (χ2n) is 2.64. The number of rotatable bonds is 3. The number of carbonyl (C=O) groups is 1. The molecule has 5 heteroatoms. The normalized spacial score (nSPS) is 35.3. The summed E-state index contributed by atoms with van der Waals surface area (Å²) < 4.78 is 15.0. The van der Waals surface area contributed by atoms with Gasteiger partial charge < -0.3 is 19.9 Å². The number of hydrogen-bond donors (Lipinski definition) is 1. The van der Waals surface area contributed by atoms with Crippen molar-refractivity contribution in [3.63, 3.8) is 0 Å². The highest BCUT2D eigenvalue weighted by Gasteiger charge is 2.46. The van der Waals surface area contributed by atoms with Gasteiger partial charge in [0.25, 0.3) is 11.7 Å². The van der Waals surface area contributed by atoms with Gasteiger partial charge in [-0.2, -0.15) is 0 Å². The van der Waals surface area contributed by atoms with E-state index < -0.39 is 18.0 Å². The second-order valence-corrected chi connectivity index (χ2v) is 2.64. The second kappa shape index (κ2) is 3.38. The zero-order valence-electron chi connectivity index (χ0n) is 7.20. The largest absolute Gasteiger partial charge is 0.365 e. The molecule has 2 N–H and O–H groups in total. The standard InChI is InChI=1S/C7H13NO4/c1-10-5-3-4-7(11-2,12-5)6(8)9/h5H,3-4H2,1-2H3,(H2,8,9)/t5-,7-/m1/s1. The molecule has 0 aromatic carbocycles. The van der Waals surface area contributed by atoms with E-state index >= 15 is 0 Å². The van der Waals surface area contributed by atoms with Crippen molar-refractivity contribution in [2.45, 2.75) is 24.9 Å². The van der Waals surface area contributed by atoms with Crippen LogP contribution in [0.1, 0.15) is 12.8 Å². The minimum atomic E-state index is -1.28. The van der Waals surface area contributed by atoms with Crippen LogP contribution in [-0.2, 0) is 19.0 Å². The Labute approximate surface area is 70.8 Å². The highest BCUT2D eigenvalue weighted by atomic mass is 16.8. The molecule has 0 radical (unpaired) electrons. The molecule has 5 nitrogen and oxygen atoms in total. The fraction of sp³-hybridized carbons (Fsp3) is 0.857. The summed E-state index contributed by atoms with van der Waals surface area (Å²) in [5.41, 5.74) is 5.12. The van der Waals surface area contributed by atoms with E-state index in [1.807, 2.05) is 0 Å². The average molecular weight is 175 g/mol. The molecule has 0 spiro atoms. The van der Waals surface area contributed by atoms with E-state index in [0.717, 1.165) is 0 Å². The average Bonchev–Trinajstić information content (AvgIpc) is 2.48. The van der Waals surface area contributed by atoms with Crippen LogP contribution in [0.15, 0.2) is 0 Å². The van der Waals surface area contributed by atoms with Gasteiger partial charge in [0.1, 0.15) is 0 Å². The lowest BCUT2D eigenvalue weighted by Gasteiger charge is -2.23. The zero-order valence-corrected chi connectivity index (χ0v) is 7.20. The predicted molar refractivity (Wildman–Crippen MR) is 40.1 cm³/mol. The molecule has 1 saturated heterocycles. The maximum atomic E-state index is 10.9. The SMILES string of the molecule is CO[C@H]1CC[C@](OC)(C(N)=O)O1. The molecule has 0 bridgehead atoms. The molecule has 0 aliphatic carbocycles. The summed E-state index contributed by atoms with van der Waals surface area (Å²) in [5.74, 6) is -1.88. The molecule has 1 aliphatic rings. The monoisotopic (exact) mass is 175 g/mol. The Morgan fingerprint density at radius 1 is 1.67 bits per heavy atom. The van der Waals surface area contributed by atoms with Gasteiger partial charge in [0.15, 0.2) is 6.29 Å². The first-order valence-corrected chi connectivity index (χ1v) is 3.70. The topological polar surface area (TPSA) is 70.8 Å². The summed E-state index contributed by atoms with van der Waals surface area (Å²) in [6.45, 7) is 0. The predicted octanol–water partition coefficient (Wildman–Crippen LogP) is -0.403. The van der Waals surface area contributed by atoms with Gasteiger partial charge in [-0.3, -0.25) is 4.79 Å². The van der Waals surface area contributed by atoms with E-state index in [1.54, 1.807) is 0 Å². The van der Waals surface area contributed by atoms with Crippen LogP contribution in [-0.4, -0.2) is 32.2 Å². The van der Waals surface area contributed by atoms with Crippen molar-refractivity contribution in [2.24, 2.45) is 5.73 Å². The van der Waals surface area contributed by atoms with Gasteiger partial charge in [-0.25, -0.2) is 0 Å². The third-order valence-electron chi connectivity index (χ3n) is 2.00. The molecular formula is C7H13NO4. The van der Waals surface area contributed by atoms with E-state index in [2.05, 4.69) is 0 Å². The third kappa shape index (κ3) is 1.43. The van der Waals surface area contributed by atoms with Crippen LogP contribution in [0.5, 0.6) is 0 Å². The number of ether oxygens (including phenoxy) is 3.